The summed E-state index contributed by atoms with van der Waals surface area (Å²) >= 11 is 0. The molecule has 1 rings (SSSR count). The number of amides is 1. The summed E-state index contributed by atoms with van der Waals surface area (Å²) in [6.07, 6.45) is 0. The zero-order valence-corrected chi connectivity index (χ0v) is 14.0. The summed E-state index contributed by atoms with van der Waals surface area (Å²) < 4.78 is 0. The first kappa shape index (κ1) is 17.7. The van der Waals surface area contributed by atoms with Crippen molar-refractivity contribution in [2.24, 2.45) is 11.1 Å². The fourth-order valence-electron chi connectivity index (χ4n) is 2.30. The van der Waals surface area contributed by atoms with Crippen LogP contribution in [0, 0.1) is 19.3 Å². The minimum absolute atomic E-state index is 0.0239. The number of hydrogen-bond donors (Lipinski definition) is 2. The van der Waals surface area contributed by atoms with Crippen molar-refractivity contribution in [3.8, 4) is 0 Å². The molecule has 4 nitrogen and oxygen atoms in total. The molecule has 0 aliphatic rings. The van der Waals surface area contributed by atoms with Crippen molar-refractivity contribution in [3.05, 3.63) is 29.3 Å². The topological polar surface area (TPSA) is 58.4 Å². The summed E-state index contributed by atoms with van der Waals surface area (Å²) in [4.78, 5) is 14.3. The smallest absolute Gasteiger partial charge is 0.238 e. The van der Waals surface area contributed by atoms with Crippen LogP contribution in [0.4, 0.5) is 5.69 Å². The van der Waals surface area contributed by atoms with Gasteiger partial charge in [0, 0.05) is 12.2 Å². The van der Waals surface area contributed by atoms with Crippen molar-refractivity contribution in [3.63, 3.8) is 0 Å². The first-order valence-corrected chi connectivity index (χ1v) is 7.57. The van der Waals surface area contributed by atoms with Crippen molar-refractivity contribution < 1.29 is 4.79 Å². The second-order valence-corrected chi connectivity index (χ2v) is 6.54. The lowest BCUT2D eigenvalue weighted by atomic mass is 9.93. The van der Waals surface area contributed by atoms with Crippen LogP contribution in [-0.2, 0) is 4.79 Å². The molecule has 0 heterocycles. The molecule has 0 radical (unpaired) electrons. The normalized spacial score (nSPS) is 11.8. The van der Waals surface area contributed by atoms with Gasteiger partial charge in [-0.15, -0.1) is 0 Å². The summed E-state index contributed by atoms with van der Waals surface area (Å²) in [7, 11) is 0. The zero-order valence-electron chi connectivity index (χ0n) is 14.0. The summed E-state index contributed by atoms with van der Waals surface area (Å²) in [5.74, 6) is 0.0247. The maximum atomic E-state index is 12.2. The highest BCUT2D eigenvalue weighted by atomic mass is 16.2. The van der Waals surface area contributed by atoms with E-state index < -0.39 is 0 Å². The van der Waals surface area contributed by atoms with Crippen LogP contribution >= 0.6 is 0 Å². The van der Waals surface area contributed by atoms with Gasteiger partial charge in [-0.2, -0.15) is 0 Å². The molecule has 3 N–H and O–H groups in total. The van der Waals surface area contributed by atoms with Crippen LogP contribution in [0.1, 0.15) is 31.9 Å². The van der Waals surface area contributed by atoms with E-state index >= 15 is 0 Å². The SMILES string of the molecule is CCN(CC(=O)Nc1ccc(C)cc1C)CC(C)(C)CN. The predicted octanol–water partition coefficient (Wildman–Crippen LogP) is 2.55. The van der Waals surface area contributed by atoms with Crippen LogP contribution in [0.3, 0.4) is 0 Å². The van der Waals surface area contributed by atoms with Gasteiger partial charge in [0.05, 0.1) is 6.54 Å². The molecule has 0 saturated carbocycles. The molecule has 0 spiro atoms. The highest BCUT2D eigenvalue weighted by molar-refractivity contribution is 5.93. The molecule has 0 aliphatic heterocycles. The van der Waals surface area contributed by atoms with E-state index in [1.165, 1.54) is 5.56 Å². The molecule has 1 aromatic carbocycles. The van der Waals surface area contributed by atoms with E-state index in [-0.39, 0.29) is 11.3 Å². The highest BCUT2D eigenvalue weighted by Crippen LogP contribution is 2.17. The molecule has 1 amide bonds. The number of benzene rings is 1. The van der Waals surface area contributed by atoms with Crippen molar-refractivity contribution in [2.45, 2.75) is 34.6 Å². The Morgan fingerprint density at radius 3 is 2.52 bits per heavy atom. The largest absolute Gasteiger partial charge is 0.330 e. The number of carbonyl (C=O) groups is 1. The number of rotatable bonds is 7. The van der Waals surface area contributed by atoms with Gasteiger partial charge in [-0.3, -0.25) is 9.69 Å². The van der Waals surface area contributed by atoms with Crippen molar-refractivity contribution in [2.75, 3.05) is 31.5 Å². The molecule has 0 fully saturated rings. The van der Waals surface area contributed by atoms with Gasteiger partial charge < -0.3 is 11.1 Å². The average Bonchev–Trinajstić information content (AvgIpc) is 2.41. The summed E-state index contributed by atoms with van der Waals surface area (Å²) in [5.41, 5.74) is 8.97. The number of aryl methyl sites for hydroxylation is 2. The Morgan fingerprint density at radius 2 is 2.00 bits per heavy atom. The van der Waals surface area contributed by atoms with Gasteiger partial charge in [-0.25, -0.2) is 0 Å². The van der Waals surface area contributed by atoms with Crippen molar-refractivity contribution in [1.29, 1.82) is 0 Å². The molecule has 0 atom stereocenters. The molecule has 0 aliphatic carbocycles. The van der Waals surface area contributed by atoms with E-state index in [9.17, 15) is 4.79 Å². The summed E-state index contributed by atoms with van der Waals surface area (Å²) in [6, 6.07) is 6.05. The summed E-state index contributed by atoms with van der Waals surface area (Å²) in [5, 5.41) is 2.99. The molecule has 21 heavy (non-hydrogen) atoms. The Kier molecular flexibility index (Phi) is 6.37. The van der Waals surface area contributed by atoms with Gasteiger partial charge in [-0.05, 0) is 44.0 Å². The lowest BCUT2D eigenvalue weighted by molar-refractivity contribution is -0.117. The minimum atomic E-state index is 0.0239. The van der Waals surface area contributed by atoms with Crippen LogP contribution in [-0.4, -0.2) is 37.0 Å². The first-order chi connectivity index (χ1) is 9.77. The third kappa shape index (κ3) is 5.86. The monoisotopic (exact) mass is 291 g/mol. The number of carbonyl (C=O) groups excluding carboxylic acids is 1. The Balaban J connectivity index is 2.63. The lowest BCUT2D eigenvalue weighted by Crippen LogP contribution is -2.42. The second kappa shape index (κ2) is 7.57. The molecule has 0 bridgehead atoms. The number of nitrogens with one attached hydrogen (secondary N) is 1. The van der Waals surface area contributed by atoms with Crippen LogP contribution in [0.2, 0.25) is 0 Å². The second-order valence-electron chi connectivity index (χ2n) is 6.54. The molecule has 0 aromatic heterocycles. The fourth-order valence-corrected chi connectivity index (χ4v) is 2.30. The standard InChI is InChI=1S/C17H29N3O/c1-6-20(12-17(4,5)11-18)10-16(21)19-15-8-7-13(2)9-14(15)3/h7-9H,6,10-12,18H2,1-5H3,(H,19,21). The molecular weight excluding hydrogens is 262 g/mol. The Labute approximate surface area is 128 Å². The maximum absolute atomic E-state index is 12.2. The third-order valence-corrected chi connectivity index (χ3v) is 3.67. The molecule has 4 heteroatoms. The van der Waals surface area contributed by atoms with E-state index in [0.29, 0.717) is 13.1 Å². The summed E-state index contributed by atoms with van der Waals surface area (Å²) in [6.45, 7) is 13.0. The quantitative estimate of drug-likeness (QED) is 0.811. The molecule has 0 saturated heterocycles. The minimum Gasteiger partial charge on any atom is -0.330 e. The van der Waals surface area contributed by atoms with Gasteiger partial charge >= 0.3 is 0 Å². The van der Waals surface area contributed by atoms with E-state index in [4.69, 9.17) is 5.73 Å². The van der Waals surface area contributed by atoms with Crippen LogP contribution in [0.5, 0.6) is 0 Å². The fraction of sp³-hybridized carbons (Fsp3) is 0.588. The third-order valence-electron chi connectivity index (χ3n) is 3.67. The van der Waals surface area contributed by atoms with Crippen LogP contribution in [0.15, 0.2) is 18.2 Å². The van der Waals surface area contributed by atoms with Gasteiger partial charge in [0.1, 0.15) is 0 Å². The Morgan fingerprint density at radius 1 is 1.33 bits per heavy atom. The first-order valence-electron chi connectivity index (χ1n) is 7.57. The van der Waals surface area contributed by atoms with E-state index in [2.05, 4.69) is 37.1 Å². The van der Waals surface area contributed by atoms with Gasteiger partial charge in [0.2, 0.25) is 5.91 Å². The maximum Gasteiger partial charge on any atom is 0.238 e. The van der Waals surface area contributed by atoms with E-state index in [1.54, 1.807) is 0 Å². The van der Waals surface area contributed by atoms with Gasteiger partial charge in [0.25, 0.3) is 0 Å². The average molecular weight is 291 g/mol. The molecule has 0 unspecified atom stereocenters. The van der Waals surface area contributed by atoms with Crippen molar-refractivity contribution in [1.82, 2.24) is 4.90 Å². The molecule has 118 valence electrons. The number of hydrogen-bond acceptors (Lipinski definition) is 3. The predicted molar refractivity (Wildman–Crippen MR) is 89.5 cm³/mol. The van der Waals surface area contributed by atoms with Crippen molar-refractivity contribution >= 4 is 11.6 Å². The van der Waals surface area contributed by atoms with Gasteiger partial charge in [-0.1, -0.05) is 38.5 Å². The van der Waals surface area contributed by atoms with E-state index in [1.807, 2.05) is 26.0 Å². The van der Waals surface area contributed by atoms with E-state index in [0.717, 1.165) is 24.3 Å². The Hall–Kier alpha value is -1.39. The number of anilines is 1. The number of nitrogens with zero attached hydrogens (tertiary/aromatic N) is 1. The van der Waals surface area contributed by atoms with Crippen LogP contribution < -0.4 is 11.1 Å². The molecular formula is C17H29N3O. The highest BCUT2D eigenvalue weighted by Gasteiger charge is 2.21. The van der Waals surface area contributed by atoms with Gasteiger partial charge in [0.15, 0.2) is 0 Å². The molecule has 1 aromatic rings. The zero-order chi connectivity index (χ0) is 16.0. The number of likely N-dealkylation sites (N-methyl/N-ethyl adjacent to an activating group) is 1. The Bertz CT molecular complexity index is 483. The lowest BCUT2D eigenvalue weighted by Gasteiger charge is -2.30. The number of nitrogens with two attached hydrogens (primary N) is 1. The van der Waals surface area contributed by atoms with Crippen LogP contribution in [0.25, 0.3) is 0 Å².